The smallest absolute Gasteiger partial charge is 0.316 e. The van der Waals surface area contributed by atoms with Crippen molar-refractivity contribution in [2.24, 2.45) is 5.92 Å². The summed E-state index contributed by atoms with van der Waals surface area (Å²) in [5.74, 6) is -0.807. The molecule has 94 valence electrons. The highest BCUT2D eigenvalue weighted by atomic mass is 35.5. The van der Waals surface area contributed by atoms with Crippen LogP contribution in [-0.4, -0.2) is 16.3 Å². The number of carboxylic acids is 1. The summed E-state index contributed by atoms with van der Waals surface area (Å²) in [5.41, 5.74) is 0.740. The predicted octanol–water partition coefficient (Wildman–Crippen LogP) is 3.82. The number of rotatable bonds is 5. The van der Waals surface area contributed by atoms with E-state index >= 15 is 0 Å². The lowest BCUT2D eigenvalue weighted by Gasteiger charge is -2.15. The number of hydrogen-bond donors (Lipinski definition) is 1. The van der Waals surface area contributed by atoms with Crippen molar-refractivity contribution in [3.05, 3.63) is 34.6 Å². The van der Waals surface area contributed by atoms with Crippen LogP contribution in [0, 0.1) is 11.7 Å². The van der Waals surface area contributed by atoms with E-state index in [2.05, 4.69) is 0 Å². The summed E-state index contributed by atoms with van der Waals surface area (Å²) in [7, 11) is 0. The van der Waals surface area contributed by atoms with E-state index in [0.717, 1.165) is 5.56 Å². The fourth-order valence-corrected chi connectivity index (χ4v) is 2.56. The zero-order valence-electron chi connectivity index (χ0n) is 9.61. The van der Waals surface area contributed by atoms with E-state index in [4.69, 9.17) is 16.7 Å². The molecule has 2 nitrogen and oxygen atoms in total. The Kier molecular flexibility index (Phi) is 5.28. The van der Waals surface area contributed by atoms with Gasteiger partial charge < -0.3 is 5.11 Å². The third-order valence-electron chi connectivity index (χ3n) is 2.26. The number of carbonyl (C=O) groups is 1. The maximum atomic E-state index is 13.2. The molecule has 0 aromatic heterocycles. The Morgan fingerprint density at radius 2 is 2.18 bits per heavy atom. The van der Waals surface area contributed by atoms with Crippen LogP contribution in [0.25, 0.3) is 0 Å². The van der Waals surface area contributed by atoms with Crippen LogP contribution < -0.4 is 0 Å². The second-order valence-corrected chi connectivity index (χ2v) is 5.60. The normalized spacial score (nSPS) is 12.8. The molecule has 1 aromatic rings. The molecule has 0 bridgehead atoms. The van der Waals surface area contributed by atoms with Crippen molar-refractivity contribution < 1.29 is 14.3 Å². The van der Waals surface area contributed by atoms with Crippen molar-refractivity contribution in [3.8, 4) is 0 Å². The molecule has 0 saturated carbocycles. The minimum atomic E-state index is -0.834. The SMILES string of the molecule is CC(C)C(SCc1ccc(Cl)c(F)c1)C(=O)O. The van der Waals surface area contributed by atoms with Crippen molar-refractivity contribution in [2.45, 2.75) is 24.9 Å². The molecule has 5 heteroatoms. The molecule has 0 radical (unpaired) electrons. The van der Waals surface area contributed by atoms with Crippen LogP contribution in [0.3, 0.4) is 0 Å². The monoisotopic (exact) mass is 276 g/mol. The maximum Gasteiger partial charge on any atom is 0.316 e. The molecule has 0 heterocycles. The molecular formula is C12H14ClFO2S. The van der Waals surface area contributed by atoms with E-state index in [1.54, 1.807) is 6.07 Å². The molecule has 1 rings (SSSR count). The van der Waals surface area contributed by atoms with Crippen LogP contribution in [-0.2, 0) is 10.5 Å². The second kappa shape index (κ2) is 6.26. The number of carboxylic acid groups (broad SMARTS) is 1. The van der Waals surface area contributed by atoms with E-state index < -0.39 is 17.0 Å². The fourth-order valence-electron chi connectivity index (χ4n) is 1.36. The van der Waals surface area contributed by atoms with E-state index in [0.29, 0.717) is 5.75 Å². The molecular weight excluding hydrogens is 263 g/mol. The van der Waals surface area contributed by atoms with E-state index in [1.807, 2.05) is 13.8 Å². The second-order valence-electron chi connectivity index (χ2n) is 4.06. The molecule has 0 aliphatic carbocycles. The molecule has 1 unspecified atom stereocenters. The van der Waals surface area contributed by atoms with Crippen molar-refractivity contribution >= 4 is 29.3 Å². The van der Waals surface area contributed by atoms with Crippen molar-refractivity contribution in [1.82, 2.24) is 0 Å². The molecule has 17 heavy (non-hydrogen) atoms. The van der Waals surface area contributed by atoms with E-state index in [1.165, 1.54) is 23.9 Å². The fraction of sp³-hybridized carbons (Fsp3) is 0.417. The van der Waals surface area contributed by atoms with Gasteiger partial charge in [0.2, 0.25) is 0 Å². The molecule has 0 saturated heterocycles. The maximum absolute atomic E-state index is 13.2. The highest BCUT2D eigenvalue weighted by molar-refractivity contribution is 7.99. The van der Waals surface area contributed by atoms with Crippen molar-refractivity contribution in [1.29, 1.82) is 0 Å². The summed E-state index contributed by atoms with van der Waals surface area (Å²) in [6.45, 7) is 3.71. The molecule has 0 spiro atoms. The molecule has 1 aromatic carbocycles. The van der Waals surface area contributed by atoms with Gasteiger partial charge in [-0.25, -0.2) is 4.39 Å². The van der Waals surface area contributed by atoms with Crippen LogP contribution >= 0.6 is 23.4 Å². The molecule has 1 N–H and O–H groups in total. The standard InChI is InChI=1S/C12H14ClFO2S/c1-7(2)11(12(15)16)17-6-8-3-4-9(13)10(14)5-8/h3-5,7,11H,6H2,1-2H3,(H,15,16). The van der Waals surface area contributed by atoms with Gasteiger partial charge in [0.25, 0.3) is 0 Å². The average Bonchev–Trinajstić information content (AvgIpc) is 2.22. The van der Waals surface area contributed by atoms with Crippen LogP contribution in [0.15, 0.2) is 18.2 Å². The summed E-state index contributed by atoms with van der Waals surface area (Å²) in [5, 5.41) is 8.61. The van der Waals surface area contributed by atoms with Gasteiger partial charge in [-0.15, -0.1) is 11.8 Å². The third kappa shape index (κ3) is 4.21. The van der Waals surface area contributed by atoms with Gasteiger partial charge in [0.15, 0.2) is 0 Å². The number of hydrogen-bond acceptors (Lipinski definition) is 2. The number of thioether (sulfide) groups is 1. The average molecular weight is 277 g/mol. The largest absolute Gasteiger partial charge is 0.480 e. The van der Waals surface area contributed by atoms with Gasteiger partial charge in [-0.2, -0.15) is 0 Å². The summed E-state index contributed by atoms with van der Waals surface area (Å²) in [6.07, 6.45) is 0. The molecule has 0 aliphatic heterocycles. The first-order valence-electron chi connectivity index (χ1n) is 5.20. The van der Waals surface area contributed by atoms with Gasteiger partial charge in [-0.1, -0.05) is 31.5 Å². The Morgan fingerprint density at radius 1 is 1.53 bits per heavy atom. The van der Waals surface area contributed by atoms with Crippen molar-refractivity contribution in [2.75, 3.05) is 0 Å². The zero-order valence-corrected chi connectivity index (χ0v) is 11.2. The van der Waals surface area contributed by atoms with Gasteiger partial charge in [0.1, 0.15) is 11.1 Å². The minimum absolute atomic E-state index is 0.0367. The Balaban J connectivity index is 2.65. The van der Waals surface area contributed by atoms with Gasteiger partial charge in [0, 0.05) is 5.75 Å². The molecule has 0 aliphatic rings. The lowest BCUT2D eigenvalue weighted by molar-refractivity contribution is -0.137. The first-order valence-corrected chi connectivity index (χ1v) is 6.63. The van der Waals surface area contributed by atoms with Gasteiger partial charge >= 0.3 is 5.97 Å². The summed E-state index contributed by atoms with van der Waals surface area (Å²) in [4.78, 5) is 11.0. The summed E-state index contributed by atoms with van der Waals surface area (Å²) >= 11 is 6.86. The Labute approximate surface area is 109 Å². The van der Waals surface area contributed by atoms with E-state index in [-0.39, 0.29) is 10.9 Å². The van der Waals surface area contributed by atoms with Gasteiger partial charge in [-0.3, -0.25) is 4.79 Å². The third-order valence-corrected chi connectivity index (χ3v) is 4.17. The molecule has 0 amide bonds. The number of halogens is 2. The van der Waals surface area contributed by atoms with Crippen LogP contribution in [0.1, 0.15) is 19.4 Å². The van der Waals surface area contributed by atoms with Crippen LogP contribution in [0.5, 0.6) is 0 Å². The lowest BCUT2D eigenvalue weighted by atomic mass is 10.1. The number of aliphatic carboxylic acids is 1. The zero-order chi connectivity index (χ0) is 13.0. The first kappa shape index (κ1) is 14.3. The first-order chi connectivity index (χ1) is 7.91. The highest BCUT2D eigenvalue weighted by Crippen LogP contribution is 2.25. The Morgan fingerprint density at radius 3 is 2.65 bits per heavy atom. The lowest BCUT2D eigenvalue weighted by Crippen LogP contribution is -2.22. The minimum Gasteiger partial charge on any atom is -0.480 e. The topological polar surface area (TPSA) is 37.3 Å². The van der Waals surface area contributed by atoms with Crippen molar-refractivity contribution in [3.63, 3.8) is 0 Å². The Hall–Kier alpha value is -0.740. The van der Waals surface area contributed by atoms with Crippen LogP contribution in [0.4, 0.5) is 4.39 Å². The predicted molar refractivity (Wildman–Crippen MR) is 69.0 cm³/mol. The Bertz CT molecular complexity index is 409. The summed E-state index contributed by atoms with van der Waals surface area (Å²) in [6, 6.07) is 4.53. The summed E-state index contributed by atoms with van der Waals surface area (Å²) < 4.78 is 13.2. The molecule has 0 fully saturated rings. The molecule has 1 atom stereocenters. The number of benzene rings is 1. The van der Waals surface area contributed by atoms with Gasteiger partial charge in [0.05, 0.1) is 5.02 Å². The quantitative estimate of drug-likeness (QED) is 0.888. The highest BCUT2D eigenvalue weighted by Gasteiger charge is 2.21. The van der Waals surface area contributed by atoms with Gasteiger partial charge in [-0.05, 0) is 23.6 Å². The van der Waals surface area contributed by atoms with Crippen LogP contribution in [0.2, 0.25) is 5.02 Å². The van der Waals surface area contributed by atoms with E-state index in [9.17, 15) is 9.18 Å².